The molecule has 0 aliphatic heterocycles. The summed E-state index contributed by atoms with van der Waals surface area (Å²) in [4.78, 5) is 23.0. The maximum absolute atomic E-state index is 12.1. The smallest absolute Gasteiger partial charge is 0.338 e. The molecular weight excluding hydrogens is 370 g/mol. The molecule has 2 heterocycles. The van der Waals surface area contributed by atoms with Gasteiger partial charge in [0.15, 0.2) is 0 Å². The van der Waals surface area contributed by atoms with Crippen LogP contribution in [0.2, 0.25) is 0 Å². The molecule has 28 heavy (non-hydrogen) atoms. The van der Waals surface area contributed by atoms with E-state index in [2.05, 4.69) is 33.5 Å². The lowest BCUT2D eigenvalue weighted by Gasteiger charge is -2.08. The fourth-order valence-electron chi connectivity index (χ4n) is 2.84. The number of carbonyl (C=O) groups is 1. The van der Waals surface area contributed by atoms with Crippen molar-refractivity contribution < 1.29 is 9.53 Å². The predicted octanol–water partition coefficient (Wildman–Crippen LogP) is 5.67. The van der Waals surface area contributed by atoms with Crippen LogP contribution >= 0.6 is 11.3 Å². The molecule has 0 bridgehead atoms. The molecule has 6 heteroatoms. The summed E-state index contributed by atoms with van der Waals surface area (Å²) in [7, 11) is 0. The van der Waals surface area contributed by atoms with Crippen LogP contribution in [0.4, 0.5) is 11.5 Å². The molecule has 140 valence electrons. The number of rotatable bonds is 6. The molecule has 0 radical (unpaired) electrons. The second kappa shape index (κ2) is 8.19. The van der Waals surface area contributed by atoms with Crippen molar-refractivity contribution in [3.8, 4) is 10.4 Å². The summed E-state index contributed by atoms with van der Waals surface area (Å²) in [6.45, 7) is 2.39. The van der Waals surface area contributed by atoms with E-state index in [1.54, 1.807) is 29.8 Å². The first-order chi connectivity index (χ1) is 13.7. The Hall–Kier alpha value is -3.25. The van der Waals surface area contributed by atoms with Crippen LogP contribution in [0, 0.1) is 0 Å². The standard InChI is InChI=1S/C22H19N3O2S/c1-2-11-27-22(26)16-9-6-10-17(12-16)25-20-18-13-19(15-7-4-3-5-8-15)28-21(18)24-14-23-20/h3-10,12-14H,2,11H2,1H3,(H,23,24,25). The van der Waals surface area contributed by atoms with Gasteiger partial charge in [-0.1, -0.05) is 43.3 Å². The van der Waals surface area contributed by atoms with Crippen molar-refractivity contribution in [3.63, 3.8) is 0 Å². The maximum atomic E-state index is 12.1. The van der Waals surface area contributed by atoms with Gasteiger partial charge in [-0.2, -0.15) is 0 Å². The highest BCUT2D eigenvalue weighted by atomic mass is 32.1. The third kappa shape index (κ3) is 3.87. The largest absolute Gasteiger partial charge is 0.462 e. The van der Waals surface area contributed by atoms with Gasteiger partial charge in [-0.25, -0.2) is 14.8 Å². The average molecular weight is 389 g/mol. The summed E-state index contributed by atoms with van der Waals surface area (Å²) in [5, 5.41) is 4.26. The Labute approximate surface area is 167 Å². The summed E-state index contributed by atoms with van der Waals surface area (Å²) < 4.78 is 5.21. The zero-order chi connectivity index (χ0) is 19.3. The second-order valence-electron chi connectivity index (χ2n) is 6.26. The minimum atomic E-state index is -0.319. The van der Waals surface area contributed by atoms with Crippen LogP contribution in [-0.2, 0) is 4.74 Å². The summed E-state index contributed by atoms with van der Waals surface area (Å²) in [6, 6.07) is 19.5. The molecule has 5 nitrogen and oxygen atoms in total. The van der Waals surface area contributed by atoms with Crippen LogP contribution in [0.1, 0.15) is 23.7 Å². The molecule has 4 rings (SSSR count). The normalized spacial score (nSPS) is 10.8. The molecule has 2 aromatic heterocycles. The van der Waals surface area contributed by atoms with Gasteiger partial charge in [0, 0.05) is 10.6 Å². The van der Waals surface area contributed by atoms with Gasteiger partial charge in [-0.05, 0) is 36.2 Å². The number of esters is 1. The van der Waals surface area contributed by atoms with Gasteiger partial charge in [0.2, 0.25) is 0 Å². The van der Waals surface area contributed by atoms with Crippen LogP contribution in [-0.4, -0.2) is 22.5 Å². The highest BCUT2D eigenvalue weighted by Gasteiger charge is 2.12. The van der Waals surface area contributed by atoms with Crippen LogP contribution in [0.15, 0.2) is 67.0 Å². The van der Waals surface area contributed by atoms with Crippen LogP contribution in [0.5, 0.6) is 0 Å². The predicted molar refractivity (Wildman–Crippen MR) is 113 cm³/mol. The molecule has 4 aromatic rings. The van der Waals surface area contributed by atoms with Crippen LogP contribution in [0.3, 0.4) is 0 Å². The highest BCUT2D eigenvalue weighted by Crippen LogP contribution is 2.35. The third-order valence-corrected chi connectivity index (χ3v) is 5.28. The number of fused-ring (bicyclic) bond motifs is 1. The Kier molecular flexibility index (Phi) is 5.30. The van der Waals surface area contributed by atoms with Gasteiger partial charge in [-0.15, -0.1) is 11.3 Å². The highest BCUT2D eigenvalue weighted by molar-refractivity contribution is 7.21. The van der Waals surface area contributed by atoms with Gasteiger partial charge < -0.3 is 10.1 Å². The first kappa shape index (κ1) is 18.1. The summed E-state index contributed by atoms with van der Waals surface area (Å²) in [5.41, 5.74) is 2.44. The molecule has 0 aliphatic rings. The topological polar surface area (TPSA) is 64.1 Å². The zero-order valence-corrected chi connectivity index (χ0v) is 16.2. The van der Waals surface area contributed by atoms with Crippen molar-refractivity contribution in [1.82, 2.24) is 9.97 Å². The molecule has 0 saturated heterocycles. The number of aromatic nitrogens is 2. The van der Waals surface area contributed by atoms with Gasteiger partial charge in [0.25, 0.3) is 0 Å². The van der Waals surface area contributed by atoms with Crippen molar-refractivity contribution in [1.29, 1.82) is 0 Å². The van der Waals surface area contributed by atoms with Crippen LogP contribution < -0.4 is 5.32 Å². The lowest BCUT2D eigenvalue weighted by Crippen LogP contribution is -2.06. The number of ether oxygens (including phenoxy) is 1. The molecule has 1 N–H and O–H groups in total. The number of hydrogen-bond acceptors (Lipinski definition) is 6. The fourth-order valence-corrected chi connectivity index (χ4v) is 3.84. The van der Waals surface area contributed by atoms with E-state index in [9.17, 15) is 4.79 Å². The van der Waals surface area contributed by atoms with E-state index in [0.717, 1.165) is 32.8 Å². The Balaban J connectivity index is 1.63. The van der Waals surface area contributed by atoms with Gasteiger partial charge in [0.1, 0.15) is 17.0 Å². The molecule has 0 saturated carbocycles. The van der Waals surface area contributed by atoms with E-state index in [1.165, 1.54) is 0 Å². The molecule has 0 amide bonds. The molecule has 0 atom stereocenters. The first-order valence-corrected chi connectivity index (χ1v) is 9.90. The molecule has 2 aromatic carbocycles. The number of carbonyl (C=O) groups excluding carboxylic acids is 1. The lowest BCUT2D eigenvalue weighted by atomic mass is 10.2. The monoisotopic (exact) mass is 389 g/mol. The van der Waals surface area contributed by atoms with Crippen molar-refractivity contribution in [2.45, 2.75) is 13.3 Å². The van der Waals surface area contributed by atoms with Crippen molar-refractivity contribution in [3.05, 3.63) is 72.6 Å². The Morgan fingerprint density at radius 1 is 1.07 bits per heavy atom. The SMILES string of the molecule is CCCOC(=O)c1cccc(Nc2ncnc3sc(-c4ccccc4)cc23)c1. The zero-order valence-electron chi connectivity index (χ0n) is 15.4. The maximum Gasteiger partial charge on any atom is 0.338 e. The van der Waals surface area contributed by atoms with E-state index in [-0.39, 0.29) is 5.97 Å². The van der Waals surface area contributed by atoms with Crippen molar-refractivity contribution in [2.75, 3.05) is 11.9 Å². The Bertz CT molecular complexity index is 1110. The molecule has 0 aliphatic carbocycles. The minimum absolute atomic E-state index is 0.319. The molecule has 0 spiro atoms. The van der Waals surface area contributed by atoms with E-state index < -0.39 is 0 Å². The summed E-state index contributed by atoms with van der Waals surface area (Å²) >= 11 is 1.63. The van der Waals surface area contributed by atoms with Crippen molar-refractivity contribution >= 4 is 39.0 Å². The Morgan fingerprint density at radius 3 is 2.75 bits per heavy atom. The van der Waals surface area contributed by atoms with E-state index in [0.29, 0.717) is 18.0 Å². The number of nitrogens with one attached hydrogen (secondary N) is 1. The fraction of sp³-hybridized carbons (Fsp3) is 0.136. The third-order valence-electron chi connectivity index (χ3n) is 4.19. The number of thiophene rings is 1. The minimum Gasteiger partial charge on any atom is -0.462 e. The summed E-state index contributed by atoms with van der Waals surface area (Å²) in [5.74, 6) is 0.391. The number of anilines is 2. The van der Waals surface area contributed by atoms with E-state index in [4.69, 9.17) is 4.74 Å². The van der Waals surface area contributed by atoms with Crippen molar-refractivity contribution in [2.24, 2.45) is 0 Å². The number of nitrogens with zero attached hydrogens (tertiary/aromatic N) is 2. The average Bonchev–Trinajstić information content (AvgIpc) is 3.18. The summed E-state index contributed by atoms with van der Waals surface area (Å²) in [6.07, 6.45) is 2.35. The second-order valence-corrected chi connectivity index (χ2v) is 7.29. The Morgan fingerprint density at radius 2 is 1.93 bits per heavy atom. The number of hydrogen-bond donors (Lipinski definition) is 1. The van der Waals surface area contributed by atoms with E-state index in [1.807, 2.05) is 37.3 Å². The van der Waals surface area contributed by atoms with Crippen LogP contribution in [0.25, 0.3) is 20.7 Å². The molecular formula is C22H19N3O2S. The van der Waals surface area contributed by atoms with E-state index >= 15 is 0 Å². The van der Waals surface area contributed by atoms with Gasteiger partial charge in [0.05, 0.1) is 17.6 Å². The first-order valence-electron chi connectivity index (χ1n) is 9.09. The molecule has 0 unspecified atom stereocenters. The van der Waals surface area contributed by atoms with Gasteiger partial charge >= 0.3 is 5.97 Å². The molecule has 0 fully saturated rings. The lowest BCUT2D eigenvalue weighted by molar-refractivity contribution is 0.0505. The quantitative estimate of drug-likeness (QED) is 0.431. The van der Waals surface area contributed by atoms with Gasteiger partial charge in [-0.3, -0.25) is 0 Å². The number of benzene rings is 2.